The van der Waals surface area contributed by atoms with E-state index in [1.165, 1.54) is 51.9 Å². The van der Waals surface area contributed by atoms with E-state index < -0.39 is 41.4 Å². The first kappa shape index (κ1) is 76.0. The van der Waals surface area contributed by atoms with Crippen molar-refractivity contribution < 1.29 is 61.0 Å². The molecule has 488 valence electrons. The monoisotopic (exact) mass is 1410 g/mol. The number of aromatic hydroxyl groups is 3. The zero-order chi connectivity index (χ0) is 68.3. The van der Waals surface area contributed by atoms with E-state index in [4.69, 9.17) is 16.8 Å². The van der Waals surface area contributed by atoms with Crippen molar-refractivity contribution in [1.29, 1.82) is 0 Å². The summed E-state index contributed by atoms with van der Waals surface area (Å²) in [6.07, 6.45) is 1.67. The maximum atomic E-state index is 10.5. The molecule has 10 aromatic rings. The van der Waals surface area contributed by atoms with Crippen LogP contribution in [0.1, 0.15) is 166 Å². The summed E-state index contributed by atoms with van der Waals surface area (Å²) >= 11 is -1.11. The average molecular weight is 1410 g/mol. The Morgan fingerprint density at radius 3 is 1.12 bits per heavy atom. The zero-order valence-electron chi connectivity index (χ0n) is 57.8. The largest absolute Gasteiger partial charge is 0.507 e. The van der Waals surface area contributed by atoms with Crippen LogP contribution in [0.15, 0.2) is 238 Å². The number of ether oxygens (including phenoxy) is 1. The minimum atomic E-state index is -0.553. The fourth-order valence-electron chi connectivity index (χ4n) is 9.66. The van der Waals surface area contributed by atoms with E-state index in [-0.39, 0.29) is 22.3 Å². The molecule has 0 spiro atoms. The Morgan fingerprint density at radius 2 is 0.763 bits per heavy atom. The van der Waals surface area contributed by atoms with Gasteiger partial charge in [-0.3, -0.25) is 4.98 Å². The van der Waals surface area contributed by atoms with Crippen LogP contribution in [-0.4, -0.2) is 46.9 Å². The van der Waals surface area contributed by atoms with Crippen LogP contribution < -0.4 is 4.74 Å². The van der Waals surface area contributed by atoms with Crippen LogP contribution in [0.25, 0.3) is 33.2 Å². The molecule has 0 bridgehead atoms. The first-order chi connectivity index (χ1) is 44.1. The Labute approximate surface area is 572 Å². The molecule has 1 aromatic heterocycles. The van der Waals surface area contributed by atoms with Crippen molar-refractivity contribution in [2.75, 3.05) is 7.11 Å². The van der Waals surface area contributed by atoms with E-state index in [9.17, 15) is 15.3 Å². The fourth-order valence-corrected chi connectivity index (χ4v) is 13.4. The van der Waals surface area contributed by atoms with Gasteiger partial charge >= 0.3 is 311 Å². The van der Waals surface area contributed by atoms with E-state index >= 15 is 0 Å². The molecule has 0 amide bonds. The molecule has 4 N–H and O–H groups in total. The SMILES string of the molecule is CC(C)(C)O.CC(C)c1cccc(C(C)C)c1[N]=[Mo]=[CH]C(C)(C)c1ccccc1.CC(C)c1cccc(C(C)C)c1[N]=[Mo]=[CH]C(C)(C)c1ccccc1.COc1cccc(C)c1O.Oc1c(-c2ccccc2)cccc1-c1ccccc1.Oc1cccc2cccnc12. The van der Waals surface area contributed by atoms with Gasteiger partial charge in [0.2, 0.25) is 0 Å². The standard InChI is InChI=1S/C18H14O.2C12H17N.2C10H12.C9H7NO.C8H10O2.C4H10O.2Mo/c19-18-16(14-8-3-1-4-9-14)12-7-13-17(18)15-10-5-2-6-11-15;2*1-8(2)10-6-5-7-11(9(3)4)12(10)13;2*1-10(2,3)9-7-5-4-6-8-9;11-8-5-1-3-7-4-2-6-10-9(7)8;1-6-4-3-5-7(10-2)8(6)9;1-4(2,3)5;;/h1-13,19H;2*5-9H,1-4H3;2*1,4-8H,2-3H3;1-6,11H;3-5,9H,1-2H3;5H,1-3H3;;. The van der Waals surface area contributed by atoms with Crippen LogP contribution in [0.2, 0.25) is 0 Å². The number of para-hydroxylation sites is 3. The van der Waals surface area contributed by atoms with Gasteiger partial charge < -0.3 is 25.2 Å². The third kappa shape index (κ3) is 24.3. The second-order valence-electron chi connectivity index (χ2n) is 26.1. The summed E-state index contributed by atoms with van der Waals surface area (Å²) in [7, 11) is 1.54. The van der Waals surface area contributed by atoms with Crippen LogP contribution in [0.4, 0.5) is 11.4 Å². The maximum Gasteiger partial charge on any atom is 0.160 e. The van der Waals surface area contributed by atoms with Gasteiger partial charge in [-0.05, 0) is 62.6 Å². The van der Waals surface area contributed by atoms with Gasteiger partial charge in [-0.2, -0.15) is 0 Å². The summed E-state index contributed by atoms with van der Waals surface area (Å²) in [4.78, 5) is 4.03. The molecule has 10 rings (SSSR count). The number of aryl methyl sites for hydroxylation is 1. The molecule has 0 aliphatic carbocycles. The number of phenolic OH excluding ortho intramolecular Hbond substituents is 3. The number of pyridine rings is 1. The Balaban J connectivity index is 0.000000214. The average Bonchev–Trinajstić information content (AvgIpc) is 1.10. The summed E-state index contributed by atoms with van der Waals surface area (Å²) in [6.45, 7) is 34.3. The molecule has 0 aliphatic rings. The van der Waals surface area contributed by atoms with Gasteiger partial charge in [0.05, 0.1) is 12.7 Å². The van der Waals surface area contributed by atoms with Gasteiger partial charge in [0, 0.05) is 22.7 Å². The number of fused-ring (bicyclic) bond motifs is 1. The second kappa shape index (κ2) is 37.2. The van der Waals surface area contributed by atoms with Crippen LogP contribution in [-0.2, 0) is 46.7 Å². The van der Waals surface area contributed by atoms with E-state index in [0.717, 1.165) is 33.2 Å². The third-order valence-corrected chi connectivity index (χ3v) is 19.8. The van der Waals surface area contributed by atoms with Crippen molar-refractivity contribution in [3.63, 3.8) is 0 Å². The Bertz CT molecular complexity index is 3780. The predicted molar refractivity (Wildman–Crippen MR) is 388 cm³/mol. The van der Waals surface area contributed by atoms with Crippen molar-refractivity contribution in [3.05, 3.63) is 270 Å². The number of methoxy groups -OCH3 is 1. The molecule has 0 saturated heterocycles. The van der Waals surface area contributed by atoms with Crippen molar-refractivity contribution in [2.24, 2.45) is 6.99 Å². The Hall–Kier alpha value is -7.73. The molecule has 0 saturated carbocycles. The van der Waals surface area contributed by atoms with E-state index in [1.54, 1.807) is 45.2 Å². The molecule has 1 heterocycles. The first-order valence-corrected chi connectivity index (χ1v) is 36.1. The number of aromatic nitrogens is 1. The van der Waals surface area contributed by atoms with Gasteiger partial charge in [0.25, 0.3) is 0 Å². The van der Waals surface area contributed by atoms with E-state index in [2.05, 4.69) is 194 Å². The molecular formula is C83H99Mo2N3O5. The summed E-state index contributed by atoms with van der Waals surface area (Å²) in [6, 6.07) is 75.1. The summed E-state index contributed by atoms with van der Waals surface area (Å²) in [5.41, 5.74) is 15.7. The minimum absolute atomic E-state index is 0.0811. The third-order valence-electron chi connectivity index (χ3n) is 14.9. The molecule has 0 atom stereocenters. The molecule has 0 radical (unpaired) electrons. The van der Waals surface area contributed by atoms with Gasteiger partial charge in [0.1, 0.15) is 17.0 Å². The van der Waals surface area contributed by atoms with Gasteiger partial charge in [-0.25, -0.2) is 0 Å². The first-order valence-electron chi connectivity index (χ1n) is 31.9. The summed E-state index contributed by atoms with van der Waals surface area (Å²) < 4.78 is 20.0. The molecule has 0 unspecified atom stereocenters. The quantitative estimate of drug-likeness (QED) is 0.0852. The number of nitrogens with zero attached hydrogens (tertiary/aromatic N) is 3. The van der Waals surface area contributed by atoms with E-state index in [1.807, 2.05) is 116 Å². The Kier molecular flexibility index (Phi) is 30.4. The number of hydrogen-bond donors (Lipinski definition) is 4. The van der Waals surface area contributed by atoms with Crippen molar-refractivity contribution in [3.8, 4) is 45.3 Å². The van der Waals surface area contributed by atoms with Crippen molar-refractivity contribution in [2.45, 2.75) is 151 Å². The zero-order valence-corrected chi connectivity index (χ0v) is 61.8. The van der Waals surface area contributed by atoms with Crippen LogP contribution >= 0.6 is 0 Å². The van der Waals surface area contributed by atoms with Crippen LogP contribution in [0.3, 0.4) is 0 Å². The fraction of sp³-hybridized carbons (Fsp3) is 0.289. The molecule has 9 aromatic carbocycles. The smallest absolute Gasteiger partial charge is 0.160 e. The normalized spacial score (nSPS) is 11.0. The number of aliphatic hydroxyl groups is 1. The summed E-state index contributed by atoms with van der Waals surface area (Å²) in [5, 5.41) is 38.6. The van der Waals surface area contributed by atoms with Crippen LogP contribution in [0, 0.1) is 6.92 Å². The molecule has 8 nitrogen and oxygen atoms in total. The minimum Gasteiger partial charge on any atom is -0.507 e. The van der Waals surface area contributed by atoms with E-state index in [0.29, 0.717) is 40.7 Å². The maximum absolute atomic E-state index is 10.5. The second-order valence-corrected chi connectivity index (χ2v) is 29.2. The predicted octanol–water partition coefficient (Wildman–Crippen LogP) is 22.4. The van der Waals surface area contributed by atoms with Crippen molar-refractivity contribution >= 4 is 31.1 Å². The molecular weight excluding hydrogens is 1310 g/mol. The number of rotatable bonds is 13. The molecule has 0 fully saturated rings. The van der Waals surface area contributed by atoms with Gasteiger partial charge in [-0.1, -0.05) is 109 Å². The van der Waals surface area contributed by atoms with Crippen molar-refractivity contribution in [1.82, 2.24) is 4.98 Å². The van der Waals surface area contributed by atoms with Crippen LogP contribution in [0.5, 0.6) is 23.0 Å². The number of phenols is 3. The number of benzene rings is 9. The topological polar surface area (TPSA) is 128 Å². The molecule has 0 aliphatic heterocycles. The number of hydrogen-bond acceptors (Lipinski definition) is 8. The molecule has 10 heteroatoms. The van der Waals surface area contributed by atoms with Gasteiger partial charge in [-0.15, -0.1) is 0 Å². The summed E-state index contributed by atoms with van der Waals surface area (Å²) in [5.74, 6) is 3.37. The Morgan fingerprint density at radius 1 is 0.419 bits per heavy atom. The van der Waals surface area contributed by atoms with Gasteiger partial charge in [0.15, 0.2) is 11.5 Å². The molecule has 93 heavy (non-hydrogen) atoms.